The third kappa shape index (κ3) is 3.46. The van der Waals surface area contributed by atoms with Gasteiger partial charge in [0.2, 0.25) is 0 Å². The van der Waals surface area contributed by atoms with Crippen molar-refractivity contribution < 1.29 is 4.74 Å². The monoisotopic (exact) mass is 283 g/mol. The van der Waals surface area contributed by atoms with E-state index in [4.69, 9.17) is 9.72 Å². The molecule has 2 rings (SSSR count). The molecule has 108 valence electrons. The third-order valence-electron chi connectivity index (χ3n) is 3.53. The highest BCUT2D eigenvalue weighted by Gasteiger charge is 2.32. The lowest BCUT2D eigenvalue weighted by Crippen LogP contribution is -2.53. The van der Waals surface area contributed by atoms with Crippen LogP contribution >= 0.6 is 11.3 Å². The Bertz CT molecular complexity index is 405. The van der Waals surface area contributed by atoms with Crippen LogP contribution in [0.5, 0.6) is 0 Å². The molecule has 5 heteroatoms. The second-order valence-electron chi connectivity index (χ2n) is 5.75. The molecule has 0 radical (unpaired) electrons. The largest absolute Gasteiger partial charge is 0.377 e. The van der Waals surface area contributed by atoms with Gasteiger partial charge in [0, 0.05) is 18.0 Å². The minimum Gasteiger partial charge on any atom is -0.377 e. The zero-order valence-corrected chi connectivity index (χ0v) is 13.2. The minimum atomic E-state index is 0.0352. The van der Waals surface area contributed by atoms with E-state index < -0.39 is 0 Å². The molecule has 1 saturated heterocycles. The fourth-order valence-electron chi connectivity index (χ4n) is 2.28. The van der Waals surface area contributed by atoms with Gasteiger partial charge in [0.15, 0.2) is 5.13 Å². The van der Waals surface area contributed by atoms with Crippen LogP contribution < -0.4 is 10.2 Å². The highest BCUT2D eigenvalue weighted by molar-refractivity contribution is 7.13. The predicted molar refractivity (Wildman–Crippen MR) is 81.1 cm³/mol. The Hall–Kier alpha value is -0.650. The highest BCUT2D eigenvalue weighted by Crippen LogP contribution is 2.31. The maximum absolute atomic E-state index is 5.57. The maximum atomic E-state index is 5.57. The molecule has 1 aromatic heterocycles. The average Bonchev–Trinajstić information content (AvgIpc) is 2.84. The van der Waals surface area contributed by atoms with E-state index in [2.05, 4.69) is 43.3 Å². The standard InChI is InChI=1S/C14H25N3OS/c1-5-6-15-11(2)12-9-19-13(16-12)17-7-8-18-10-14(17,3)4/h9,11,15H,5-8,10H2,1-4H3. The first-order chi connectivity index (χ1) is 9.04. The number of nitrogens with one attached hydrogen (secondary N) is 1. The molecule has 1 aliphatic heterocycles. The number of aromatic nitrogens is 1. The molecule has 2 heterocycles. The summed E-state index contributed by atoms with van der Waals surface area (Å²) in [6.07, 6.45) is 1.15. The fourth-order valence-corrected chi connectivity index (χ4v) is 3.38. The molecule has 0 saturated carbocycles. The van der Waals surface area contributed by atoms with Crippen LogP contribution in [0, 0.1) is 0 Å². The smallest absolute Gasteiger partial charge is 0.186 e. The van der Waals surface area contributed by atoms with Gasteiger partial charge in [0.25, 0.3) is 0 Å². The number of nitrogens with zero attached hydrogens (tertiary/aromatic N) is 2. The van der Waals surface area contributed by atoms with Crippen molar-refractivity contribution in [2.75, 3.05) is 31.2 Å². The van der Waals surface area contributed by atoms with Crippen molar-refractivity contribution >= 4 is 16.5 Å². The van der Waals surface area contributed by atoms with E-state index in [0.717, 1.165) is 43.5 Å². The van der Waals surface area contributed by atoms with Crippen molar-refractivity contribution in [3.8, 4) is 0 Å². The van der Waals surface area contributed by atoms with Crippen LogP contribution in [0.25, 0.3) is 0 Å². The van der Waals surface area contributed by atoms with E-state index >= 15 is 0 Å². The van der Waals surface area contributed by atoms with Gasteiger partial charge in [-0.05, 0) is 33.7 Å². The molecule has 0 amide bonds. The van der Waals surface area contributed by atoms with Gasteiger partial charge in [-0.25, -0.2) is 4.98 Å². The van der Waals surface area contributed by atoms with Crippen LogP contribution in [0.4, 0.5) is 5.13 Å². The van der Waals surface area contributed by atoms with Gasteiger partial charge in [0.1, 0.15) is 0 Å². The summed E-state index contributed by atoms with van der Waals surface area (Å²) < 4.78 is 5.57. The molecular formula is C14H25N3OS. The lowest BCUT2D eigenvalue weighted by molar-refractivity contribution is 0.0643. The summed E-state index contributed by atoms with van der Waals surface area (Å²) in [6, 6.07) is 0.328. The molecule has 1 atom stereocenters. The fraction of sp³-hybridized carbons (Fsp3) is 0.786. The van der Waals surface area contributed by atoms with Gasteiger partial charge in [-0.15, -0.1) is 11.3 Å². The molecule has 1 unspecified atom stereocenters. The highest BCUT2D eigenvalue weighted by atomic mass is 32.1. The van der Waals surface area contributed by atoms with E-state index in [1.54, 1.807) is 11.3 Å². The SMILES string of the molecule is CCCNC(C)c1csc(N2CCOCC2(C)C)n1. The lowest BCUT2D eigenvalue weighted by Gasteiger charge is -2.42. The minimum absolute atomic E-state index is 0.0352. The van der Waals surface area contributed by atoms with Crippen LogP contribution in [0.15, 0.2) is 5.38 Å². The second kappa shape index (κ2) is 6.20. The van der Waals surface area contributed by atoms with Gasteiger partial charge < -0.3 is 15.0 Å². The zero-order chi connectivity index (χ0) is 13.9. The molecule has 0 spiro atoms. The number of hydrogen-bond donors (Lipinski definition) is 1. The van der Waals surface area contributed by atoms with Crippen LogP contribution in [0.2, 0.25) is 0 Å². The van der Waals surface area contributed by atoms with Crippen LogP contribution in [0.1, 0.15) is 45.9 Å². The van der Waals surface area contributed by atoms with Crippen LogP contribution in [-0.2, 0) is 4.74 Å². The summed E-state index contributed by atoms with van der Waals surface area (Å²) in [7, 11) is 0. The first-order valence-corrected chi connectivity index (χ1v) is 7.97. The maximum Gasteiger partial charge on any atom is 0.186 e. The molecule has 0 aromatic carbocycles. The van der Waals surface area contributed by atoms with Gasteiger partial charge in [-0.2, -0.15) is 0 Å². The molecular weight excluding hydrogens is 258 g/mol. The van der Waals surface area contributed by atoms with Crippen molar-refractivity contribution in [3.05, 3.63) is 11.1 Å². The molecule has 1 aromatic rings. The Morgan fingerprint density at radius 1 is 1.58 bits per heavy atom. The summed E-state index contributed by atoms with van der Waals surface area (Å²) >= 11 is 1.74. The van der Waals surface area contributed by atoms with Crippen molar-refractivity contribution in [1.82, 2.24) is 10.3 Å². The van der Waals surface area contributed by atoms with Gasteiger partial charge in [-0.1, -0.05) is 6.92 Å². The Labute approximate surface area is 120 Å². The van der Waals surface area contributed by atoms with E-state index in [1.807, 2.05) is 0 Å². The molecule has 19 heavy (non-hydrogen) atoms. The molecule has 1 aliphatic rings. The Morgan fingerprint density at radius 2 is 2.37 bits per heavy atom. The van der Waals surface area contributed by atoms with Crippen molar-refractivity contribution in [2.24, 2.45) is 0 Å². The number of hydrogen-bond acceptors (Lipinski definition) is 5. The second-order valence-corrected chi connectivity index (χ2v) is 6.58. The number of morpholine rings is 1. The summed E-state index contributed by atoms with van der Waals surface area (Å²) in [5, 5.41) is 6.78. The van der Waals surface area contributed by atoms with Gasteiger partial charge in [-0.3, -0.25) is 0 Å². The normalized spacial score (nSPS) is 20.5. The van der Waals surface area contributed by atoms with Gasteiger partial charge in [0.05, 0.1) is 24.4 Å². The molecule has 0 bridgehead atoms. The van der Waals surface area contributed by atoms with E-state index in [-0.39, 0.29) is 5.54 Å². The lowest BCUT2D eigenvalue weighted by atomic mass is 10.0. The van der Waals surface area contributed by atoms with Crippen LogP contribution in [0.3, 0.4) is 0 Å². The average molecular weight is 283 g/mol. The van der Waals surface area contributed by atoms with E-state index in [9.17, 15) is 0 Å². The van der Waals surface area contributed by atoms with Crippen molar-refractivity contribution in [1.29, 1.82) is 0 Å². The number of thiazole rings is 1. The predicted octanol–water partition coefficient (Wildman–Crippen LogP) is 2.82. The Kier molecular flexibility index (Phi) is 4.81. The number of anilines is 1. The van der Waals surface area contributed by atoms with Crippen molar-refractivity contribution in [2.45, 2.75) is 45.7 Å². The topological polar surface area (TPSA) is 37.4 Å². The van der Waals surface area contributed by atoms with E-state index in [1.165, 1.54) is 0 Å². The first-order valence-electron chi connectivity index (χ1n) is 7.09. The molecule has 1 fully saturated rings. The Balaban J connectivity index is 2.07. The summed E-state index contributed by atoms with van der Waals surface area (Å²) in [6.45, 7) is 12.3. The number of ether oxygens (including phenoxy) is 1. The van der Waals surface area contributed by atoms with E-state index in [0.29, 0.717) is 6.04 Å². The van der Waals surface area contributed by atoms with Crippen LogP contribution in [-0.4, -0.2) is 36.8 Å². The quantitative estimate of drug-likeness (QED) is 0.901. The summed E-state index contributed by atoms with van der Waals surface area (Å²) in [5.41, 5.74) is 1.18. The Morgan fingerprint density at radius 3 is 3.05 bits per heavy atom. The third-order valence-corrected chi connectivity index (χ3v) is 4.41. The molecule has 1 N–H and O–H groups in total. The van der Waals surface area contributed by atoms with Crippen molar-refractivity contribution in [3.63, 3.8) is 0 Å². The summed E-state index contributed by atoms with van der Waals surface area (Å²) in [4.78, 5) is 7.18. The number of rotatable bonds is 5. The molecule has 0 aliphatic carbocycles. The first kappa shape index (κ1) is 14.8. The summed E-state index contributed by atoms with van der Waals surface area (Å²) in [5.74, 6) is 0. The zero-order valence-electron chi connectivity index (χ0n) is 12.4. The molecule has 4 nitrogen and oxygen atoms in total. The van der Waals surface area contributed by atoms with Gasteiger partial charge >= 0.3 is 0 Å².